The first kappa shape index (κ1) is 11.9. The zero-order chi connectivity index (χ0) is 11.5. The third-order valence-corrected chi connectivity index (χ3v) is 4.05. The van der Waals surface area contributed by atoms with Crippen molar-refractivity contribution in [1.29, 1.82) is 0 Å². The number of carbonyl (C=O) groups is 1. The van der Waals surface area contributed by atoms with Crippen molar-refractivity contribution in [1.82, 2.24) is 9.80 Å². The van der Waals surface area contributed by atoms with E-state index in [9.17, 15) is 4.79 Å². The van der Waals surface area contributed by atoms with Gasteiger partial charge in [0.25, 0.3) is 0 Å². The number of hydrogen-bond acceptors (Lipinski definition) is 3. The molecule has 2 atom stereocenters. The summed E-state index contributed by atoms with van der Waals surface area (Å²) >= 11 is 0. The Bertz CT molecular complexity index is 257. The molecular formula is C12H22N2O2. The molecule has 2 aliphatic rings. The number of carbonyl (C=O) groups excluding carboxylic acids is 1. The van der Waals surface area contributed by atoms with Crippen LogP contribution in [0, 0.1) is 0 Å². The normalized spacial score (nSPS) is 30.5. The first-order valence-corrected chi connectivity index (χ1v) is 6.33. The maximum absolute atomic E-state index is 11.9. The van der Waals surface area contributed by atoms with Crippen LogP contribution in [0.3, 0.4) is 0 Å². The highest BCUT2D eigenvalue weighted by Gasteiger charge is 2.35. The molecule has 4 heteroatoms. The molecule has 0 aliphatic carbocycles. The lowest BCUT2D eigenvalue weighted by Gasteiger charge is -2.25. The smallest absolute Gasteiger partial charge is 0.222 e. The van der Waals surface area contributed by atoms with Gasteiger partial charge < -0.3 is 10.0 Å². The van der Waals surface area contributed by atoms with Crippen LogP contribution in [0.1, 0.15) is 32.1 Å². The first-order chi connectivity index (χ1) is 7.72. The fourth-order valence-corrected chi connectivity index (χ4v) is 2.92. The summed E-state index contributed by atoms with van der Waals surface area (Å²) in [7, 11) is 2.18. The molecule has 0 aromatic rings. The van der Waals surface area contributed by atoms with Gasteiger partial charge in [-0.2, -0.15) is 0 Å². The lowest BCUT2D eigenvalue weighted by molar-refractivity contribution is -0.131. The summed E-state index contributed by atoms with van der Waals surface area (Å²) in [5, 5.41) is 8.74. The van der Waals surface area contributed by atoms with Gasteiger partial charge in [0, 0.05) is 38.2 Å². The van der Waals surface area contributed by atoms with Crippen LogP contribution in [0.15, 0.2) is 0 Å². The molecule has 1 N–H and O–H groups in total. The van der Waals surface area contributed by atoms with Crippen molar-refractivity contribution in [2.45, 2.75) is 44.2 Å². The first-order valence-electron chi connectivity index (χ1n) is 6.33. The Morgan fingerprint density at radius 1 is 1.31 bits per heavy atom. The Morgan fingerprint density at radius 2 is 2.06 bits per heavy atom. The second-order valence-electron chi connectivity index (χ2n) is 5.01. The van der Waals surface area contributed by atoms with E-state index in [-0.39, 0.29) is 12.5 Å². The van der Waals surface area contributed by atoms with Crippen LogP contribution in [0.25, 0.3) is 0 Å². The average Bonchev–Trinajstić information content (AvgIpc) is 2.50. The molecular weight excluding hydrogens is 204 g/mol. The van der Waals surface area contributed by atoms with Gasteiger partial charge in [-0.05, 0) is 32.7 Å². The Hall–Kier alpha value is -0.610. The molecule has 0 aromatic heterocycles. The Balaban J connectivity index is 1.90. The van der Waals surface area contributed by atoms with Gasteiger partial charge in [-0.1, -0.05) is 0 Å². The van der Waals surface area contributed by atoms with Crippen LogP contribution < -0.4 is 0 Å². The predicted octanol–water partition coefficient (Wildman–Crippen LogP) is 0.454. The van der Waals surface area contributed by atoms with Gasteiger partial charge in [0.2, 0.25) is 5.91 Å². The van der Waals surface area contributed by atoms with E-state index < -0.39 is 0 Å². The minimum absolute atomic E-state index is 0.117. The van der Waals surface area contributed by atoms with Gasteiger partial charge in [-0.25, -0.2) is 0 Å². The van der Waals surface area contributed by atoms with E-state index >= 15 is 0 Å². The van der Waals surface area contributed by atoms with E-state index in [1.165, 1.54) is 12.8 Å². The number of fused-ring (bicyclic) bond motifs is 2. The van der Waals surface area contributed by atoms with Crippen molar-refractivity contribution in [2.75, 3.05) is 26.7 Å². The van der Waals surface area contributed by atoms with Crippen molar-refractivity contribution >= 4 is 5.91 Å². The number of rotatable bonds is 3. The molecule has 2 rings (SSSR count). The molecule has 2 fully saturated rings. The fraction of sp³-hybridized carbons (Fsp3) is 0.917. The van der Waals surface area contributed by atoms with E-state index in [4.69, 9.17) is 5.11 Å². The van der Waals surface area contributed by atoms with E-state index in [0.29, 0.717) is 24.9 Å². The topological polar surface area (TPSA) is 43.8 Å². The predicted molar refractivity (Wildman–Crippen MR) is 62.1 cm³/mol. The Labute approximate surface area is 97.2 Å². The van der Waals surface area contributed by atoms with Gasteiger partial charge in [0.1, 0.15) is 0 Å². The van der Waals surface area contributed by atoms with Gasteiger partial charge in [-0.3, -0.25) is 9.69 Å². The lowest BCUT2D eigenvalue weighted by Crippen LogP contribution is -2.39. The van der Waals surface area contributed by atoms with Crippen LogP contribution >= 0.6 is 0 Å². The quantitative estimate of drug-likeness (QED) is 0.760. The van der Waals surface area contributed by atoms with Crippen molar-refractivity contribution in [3.63, 3.8) is 0 Å². The number of likely N-dealkylation sites (N-methyl/N-ethyl adjacent to an activating group) is 1. The minimum Gasteiger partial charge on any atom is -0.396 e. The second kappa shape index (κ2) is 5.15. The Kier molecular flexibility index (Phi) is 3.82. The fourth-order valence-electron chi connectivity index (χ4n) is 2.92. The van der Waals surface area contributed by atoms with Crippen molar-refractivity contribution in [3.8, 4) is 0 Å². The zero-order valence-corrected chi connectivity index (χ0v) is 10.1. The molecule has 2 heterocycles. The summed E-state index contributed by atoms with van der Waals surface area (Å²) in [6, 6.07) is 1.24. The Morgan fingerprint density at radius 3 is 2.81 bits per heavy atom. The molecule has 0 radical (unpaired) electrons. The van der Waals surface area contributed by atoms with Gasteiger partial charge in [0.05, 0.1) is 0 Å². The largest absolute Gasteiger partial charge is 0.396 e. The SMILES string of the molecule is CN1C2CCC1CN(C(=O)CCCO)CC2. The van der Waals surface area contributed by atoms with Crippen LogP contribution in [0.5, 0.6) is 0 Å². The molecule has 16 heavy (non-hydrogen) atoms. The third kappa shape index (κ3) is 2.38. The maximum atomic E-state index is 11.9. The average molecular weight is 226 g/mol. The summed E-state index contributed by atoms with van der Waals surface area (Å²) in [6.07, 6.45) is 4.72. The highest BCUT2D eigenvalue weighted by Crippen LogP contribution is 2.28. The van der Waals surface area contributed by atoms with Gasteiger partial charge in [0.15, 0.2) is 0 Å². The number of nitrogens with zero attached hydrogens (tertiary/aromatic N) is 2. The molecule has 2 unspecified atom stereocenters. The van der Waals surface area contributed by atoms with E-state index in [2.05, 4.69) is 11.9 Å². The molecule has 0 aromatic carbocycles. The molecule has 2 saturated heterocycles. The number of hydrogen-bond donors (Lipinski definition) is 1. The monoisotopic (exact) mass is 226 g/mol. The second-order valence-corrected chi connectivity index (χ2v) is 5.01. The molecule has 0 saturated carbocycles. The molecule has 4 nitrogen and oxygen atoms in total. The van der Waals surface area contributed by atoms with Gasteiger partial charge >= 0.3 is 0 Å². The summed E-state index contributed by atoms with van der Waals surface area (Å²) in [5.74, 6) is 0.218. The number of aliphatic hydroxyl groups is 1. The maximum Gasteiger partial charge on any atom is 0.222 e. The summed E-state index contributed by atoms with van der Waals surface area (Å²) < 4.78 is 0. The molecule has 2 bridgehead atoms. The number of aliphatic hydroxyl groups excluding tert-OH is 1. The van der Waals surface area contributed by atoms with Crippen molar-refractivity contribution in [2.24, 2.45) is 0 Å². The lowest BCUT2D eigenvalue weighted by atomic mass is 10.1. The highest BCUT2D eigenvalue weighted by atomic mass is 16.3. The van der Waals surface area contributed by atoms with Crippen LogP contribution in [-0.4, -0.2) is 59.6 Å². The van der Waals surface area contributed by atoms with Gasteiger partial charge in [-0.15, -0.1) is 0 Å². The highest BCUT2D eigenvalue weighted by molar-refractivity contribution is 5.76. The summed E-state index contributed by atoms with van der Waals surface area (Å²) in [5.41, 5.74) is 0. The number of likely N-dealkylation sites (tertiary alicyclic amines) is 1. The summed E-state index contributed by atoms with van der Waals surface area (Å²) in [4.78, 5) is 16.3. The van der Waals surface area contributed by atoms with E-state index in [1.54, 1.807) is 0 Å². The zero-order valence-electron chi connectivity index (χ0n) is 10.1. The van der Waals surface area contributed by atoms with Crippen molar-refractivity contribution in [3.05, 3.63) is 0 Å². The summed E-state index contributed by atoms with van der Waals surface area (Å²) in [6.45, 7) is 1.90. The minimum atomic E-state index is 0.117. The van der Waals surface area contributed by atoms with Crippen LogP contribution in [0.2, 0.25) is 0 Å². The molecule has 1 amide bonds. The third-order valence-electron chi connectivity index (χ3n) is 4.05. The molecule has 0 spiro atoms. The van der Waals surface area contributed by atoms with Crippen LogP contribution in [0.4, 0.5) is 0 Å². The molecule has 2 aliphatic heterocycles. The van der Waals surface area contributed by atoms with E-state index in [1.807, 2.05) is 4.90 Å². The standard InChI is InChI=1S/C12H22N2O2/c1-13-10-4-5-11(13)9-14(7-6-10)12(16)3-2-8-15/h10-11,15H,2-9H2,1H3. The number of amides is 1. The molecule has 92 valence electrons. The van der Waals surface area contributed by atoms with E-state index in [0.717, 1.165) is 19.5 Å². The van der Waals surface area contributed by atoms with Crippen molar-refractivity contribution < 1.29 is 9.90 Å². The van der Waals surface area contributed by atoms with Crippen LogP contribution in [-0.2, 0) is 4.79 Å².